The summed E-state index contributed by atoms with van der Waals surface area (Å²) < 4.78 is 4.75. The molecule has 2 aromatic heterocycles. The molecule has 0 saturated heterocycles. The Balaban J connectivity index is 1.03. The lowest BCUT2D eigenvalue weighted by atomic mass is 9.96. The van der Waals surface area contributed by atoms with E-state index in [1.807, 2.05) is 0 Å². The molecule has 0 aliphatic carbocycles. The van der Waals surface area contributed by atoms with Crippen molar-refractivity contribution in [1.82, 2.24) is 9.13 Å². The second-order valence-electron chi connectivity index (χ2n) is 14.6. The van der Waals surface area contributed by atoms with Gasteiger partial charge < -0.3 is 9.13 Å². The number of amidine groups is 1. The standard InChI is InChI=1S/C52H36N4/c1-4-15-35(16-5-1)46-34-47(36-17-6-2-7-18-36)54-52(53-46)39-19-14-22-41(31-39)56-49-26-13-11-24-43(49)45-33-38(28-30-51(45)56)37-27-29-50-44(32-37)42-23-10-12-25-48(42)55(50)40-20-8-3-9-21-40/h1-33,46H,34H2. The van der Waals surface area contributed by atoms with E-state index in [0.717, 1.165) is 40.3 Å². The molecule has 4 heteroatoms. The van der Waals surface area contributed by atoms with E-state index in [0.29, 0.717) is 0 Å². The highest BCUT2D eigenvalue weighted by atomic mass is 15.0. The maximum absolute atomic E-state index is 5.27. The molecule has 4 nitrogen and oxygen atoms in total. The van der Waals surface area contributed by atoms with Crippen LogP contribution in [-0.4, -0.2) is 20.7 Å². The van der Waals surface area contributed by atoms with E-state index < -0.39 is 0 Å². The molecule has 56 heavy (non-hydrogen) atoms. The Bertz CT molecular complexity index is 3150. The van der Waals surface area contributed by atoms with Crippen LogP contribution in [0.3, 0.4) is 0 Å². The summed E-state index contributed by atoms with van der Waals surface area (Å²) in [5.41, 5.74) is 13.8. The SMILES string of the molecule is c1ccc(C2=NC(c3cccc(-n4c5ccccc5c5cc(-c6ccc7c(c6)c6ccccc6n7-c6ccccc6)ccc54)c3)=NC(c3ccccc3)C2)cc1. The molecule has 0 saturated carbocycles. The lowest BCUT2D eigenvalue weighted by Crippen LogP contribution is -2.17. The van der Waals surface area contributed by atoms with Gasteiger partial charge in [-0.3, -0.25) is 4.99 Å². The number of hydrogen-bond donors (Lipinski definition) is 0. The van der Waals surface area contributed by atoms with Crippen molar-refractivity contribution >= 4 is 55.2 Å². The summed E-state index contributed by atoms with van der Waals surface area (Å²) >= 11 is 0. The van der Waals surface area contributed by atoms with Crippen molar-refractivity contribution in [2.45, 2.75) is 12.5 Å². The highest BCUT2D eigenvalue weighted by Gasteiger charge is 2.23. The lowest BCUT2D eigenvalue weighted by molar-refractivity contribution is 0.753. The molecule has 0 fully saturated rings. The molecule has 1 aliphatic rings. The third-order valence-corrected chi connectivity index (χ3v) is 11.3. The first kappa shape index (κ1) is 32.2. The summed E-state index contributed by atoms with van der Waals surface area (Å²) in [6.07, 6.45) is 0.758. The molecular weight excluding hydrogens is 681 g/mol. The minimum absolute atomic E-state index is 0.0108. The topological polar surface area (TPSA) is 34.6 Å². The zero-order valence-electron chi connectivity index (χ0n) is 30.6. The van der Waals surface area contributed by atoms with Crippen molar-refractivity contribution in [3.8, 4) is 22.5 Å². The summed E-state index contributed by atoms with van der Waals surface area (Å²) in [7, 11) is 0. The minimum atomic E-state index is -0.0108. The first-order valence-electron chi connectivity index (χ1n) is 19.3. The van der Waals surface area contributed by atoms with Crippen molar-refractivity contribution in [1.29, 1.82) is 0 Å². The van der Waals surface area contributed by atoms with Gasteiger partial charge in [-0.15, -0.1) is 0 Å². The van der Waals surface area contributed by atoms with E-state index in [1.165, 1.54) is 60.5 Å². The van der Waals surface area contributed by atoms with Crippen LogP contribution in [0.1, 0.15) is 29.2 Å². The number of rotatable bonds is 6. The first-order chi connectivity index (χ1) is 27.8. The number of nitrogens with zero attached hydrogens (tertiary/aromatic N) is 4. The van der Waals surface area contributed by atoms with Crippen LogP contribution in [0.15, 0.2) is 210 Å². The van der Waals surface area contributed by atoms with Crippen molar-refractivity contribution in [3.05, 3.63) is 217 Å². The van der Waals surface area contributed by atoms with E-state index in [1.54, 1.807) is 0 Å². The molecule has 0 radical (unpaired) electrons. The fourth-order valence-corrected chi connectivity index (χ4v) is 8.62. The fraction of sp³-hybridized carbons (Fsp3) is 0.0385. The second-order valence-corrected chi connectivity index (χ2v) is 14.6. The predicted octanol–water partition coefficient (Wildman–Crippen LogP) is 12.9. The third kappa shape index (κ3) is 5.38. The van der Waals surface area contributed by atoms with E-state index in [4.69, 9.17) is 9.98 Å². The highest BCUT2D eigenvalue weighted by Crippen LogP contribution is 2.38. The Hall–Kier alpha value is -7.30. The van der Waals surface area contributed by atoms with Crippen molar-refractivity contribution in [3.63, 3.8) is 0 Å². The number of aromatic nitrogens is 2. The van der Waals surface area contributed by atoms with Crippen LogP contribution in [0.5, 0.6) is 0 Å². The van der Waals surface area contributed by atoms with Gasteiger partial charge in [-0.05, 0) is 82.9 Å². The summed E-state index contributed by atoms with van der Waals surface area (Å²) in [6.45, 7) is 0. The number of fused-ring (bicyclic) bond motifs is 6. The Morgan fingerprint density at radius 3 is 1.52 bits per heavy atom. The smallest absolute Gasteiger partial charge is 0.155 e. The van der Waals surface area contributed by atoms with Crippen LogP contribution >= 0.6 is 0 Å². The van der Waals surface area contributed by atoms with Gasteiger partial charge in [-0.1, -0.05) is 140 Å². The first-order valence-corrected chi connectivity index (χ1v) is 19.3. The van der Waals surface area contributed by atoms with Gasteiger partial charge in [-0.2, -0.15) is 0 Å². The Labute approximate surface area is 325 Å². The molecular formula is C52H36N4. The lowest BCUT2D eigenvalue weighted by Gasteiger charge is -2.21. The second kappa shape index (κ2) is 13.2. The summed E-state index contributed by atoms with van der Waals surface area (Å²) in [5.74, 6) is 0.762. The largest absolute Gasteiger partial charge is 0.309 e. The molecule has 10 aromatic rings. The Kier molecular flexibility index (Phi) is 7.59. The Morgan fingerprint density at radius 2 is 0.875 bits per heavy atom. The van der Waals surface area contributed by atoms with E-state index in [2.05, 4.69) is 209 Å². The Morgan fingerprint density at radius 1 is 0.375 bits per heavy atom. The number of aliphatic imine (C=N–C) groups is 2. The normalized spacial score (nSPS) is 14.4. The van der Waals surface area contributed by atoms with Crippen LogP contribution in [0.25, 0.3) is 66.1 Å². The molecule has 0 bridgehead atoms. The van der Waals surface area contributed by atoms with Gasteiger partial charge in [0.25, 0.3) is 0 Å². The van der Waals surface area contributed by atoms with Gasteiger partial charge in [0.05, 0.1) is 33.8 Å². The average Bonchev–Trinajstić information content (AvgIpc) is 3.79. The van der Waals surface area contributed by atoms with Crippen molar-refractivity contribution in [2.24, 2.45) is 9.98 Å². The molecule has 0 spiro atoms. The van der Waals surface area contributed by atoms with Gasteiger partial charge >= 0.3 is 0 Å². The fourth-order valence-electron chi connectivity index (χ4n) is 8.62. The summed E-state index contributed by atoms with van der Waals surface area (Å²) in [4.78, 5) is 10.5. The molecule has 1 atom stereocenters. The van der Waals surface area contributed by atoms with Crippen LogP contribution in [-0.2, 0) is 0 Å². The van der Waals surface area contributed by atoms with E-state index in [-0.39, 0.29) is 6.04 Å². The van der Waals surface area contributed by atoms with Crippen LogP contribution in [0.4, 0.5) is 0 Å². The van der Waals surface area contributed by atoms with Gasteiger partial charge in [-0.25, -0.2) is 4.99 Å². The average molecular weight is 717 g/mol. The number of benzene rings is 8. The molecule has 8 aromatic carbocycles. The monoisotopic (exact) mass is 716 g/mol. The van der Waals surface area contributed by atoms with Gasteiger partial charge in [0, 0.05) is 44.9 Å². The van der Waals surface area contributed by atoms with Gasteiger partial charge in [0.2, 0.25) is 0 Å². The highest BCUT2D eigenvalue weighted by molar-refractivity contribution is 6.15. The molecule has 1 aliphatic heterocycles. The number of para-hydroxylation sites is 3. The third-order valence-electron chi connectivity index (χ3n) is 11.3. The zero-order chi connectivity index (χ0) is 37.0. The minimum Gasteiger partial charge on any atom is -0.309 e. The molecule has 0 N–H and O–H groups in total. The maximum Gasteiger partial charge on any atom is 0.155 e. The predicted molar refractivity (Wildman–Crippen MR) is 234 cm³/mol. The maximum atomic E-state index is 5.27. The number of hydrogen-bond acceptors (Lipinski definition) is 2. The van der Waals surface area contributed by atoms with Crippen molar-refractivity contribution < 1.29 is 0 Å². The van der Waals surface area contributed by atoms with Crippen LogP contribution in [0, 0.1) is 0 Å². The van der Waals surface area contributed by atoms with Crippen LogP contribution in [0.2, 0.25) is 0 Å². The molecule has 1 unspecified atom stereocenters. The van der Waals surface area contributed by atoms with Gasteiger partial charge in [0.15, 0.2) is 5.84 Å². The van der Waals surface area contributed by atoms with E-state index in [9.17, 15) is 0 Å². The molecule has 11 rings (SSSR count). The summed E-state index contributed by atoms with van der Waals surface area (Å²) in [6, 6.07) is 71.7. The van der Waals surface area contributed by atoms with Crippen LogP contribution < -0.4 is 0 Å². The molecule has 0 amide bonds. The molecule has 264 valence electrons. The van der Waals surface area contributed by atoms with Gasteiger partial charge in [0.1, 0.15) is 0 Å². The quantitative estimate of drug-likeness (QED) is 0.164. The summed E-state index contributed by atoms with van der Waals surface area (Å²) in [5, 5.41) is 4.95. The zero-order valence-corrected chi connectivity index (χ0v) is 30.6. The van der Waals surface area contributed by atoms with Crippen molar-refractivity contribution in [2.75, 3.05) is 0 Å². The molecule has 3 heterocycles. The van der Waals surface area contributed by atoms with E-state index >= 15 is 0 Å².